The van der Waals surface area contributed by atoms with Crippen LogP contribution < -0.4 is 0 Å². The van der Waals surface area contributed by atoms with E-state index in [2.05, 4.69) is 20.8 Å². The lowest BCUT2D eigenvalue weighted by Gasteiger charge is -2.27. The summed E-state index contributed by atoms with van der Waals surface area (Å²) in [6, 6.07) is 0. The summed E-state index contributed by atoms with van der Waals surface area (Å²) in [6.45, 7) is 7.20. The molecule has 12 heavy (non-hydrogen) atoms. The van der Waals surface area contributed by atoms with Crippen LogP contribution in [0.2, 0.25) is 0 Å². The molecule has 1 fully saturated rings. The minimum absolute atomic E-state index is 0.988. The van der Waals surface area contributed by atoms with Crippen LogP contribution in [0.5, 0.6) is 0 Å². The third-order valence-corrected chi connectivity index (χ3v) is 3.82. The lowest BCUT2D eigenvalue weighted by Crippen LogP contribution is -2.18. The van der Waals surface area contributed by atoms with Crippen LogP contribution in [0, 0.1) is 17.8 Å². The molecule has 1 aliphatic rings. The maximum absolute atomic E-state index is 2.46. The van der Waals surface area contributed by atoms with Gasteiger partial charge in [-0.3, -0.25) is 0 Å². The average molecular weight is 168 g/mol. The molecule has 1 saturated carbocycles. The summed E-state index contributed by atoms with van der Waals surface area (Å²) in [6.07, 6.45) is 8.75. The van der Waals surface area contributed by atoms with Gasteiger partial charge >= 0.3 is 0 Å². The van der Waals surface area contributed by atoms with Crippen LogP contribution in [-0.2, 0) is 0 Å². The fourth-order valence-electron chi connectivity index (χ4n) is 3.01. The van der Waals surface area contributed by atoms with Crippen molar-refractivity contribution in [3.63, 3.8) is 0 Å². The van der Waals surface area contributed by atoms with Gasteiger partial charge in [0.25, 0.3) is 0 Å². The highest BCUT2D eigenvalue weighted by Gasteiger charge is 2.25. The second-order valence-corrected chi connectivity index (χ2v) is 4.50. The van der Waals surface area contributed by atoms with Crippen molar-refractivity contribution in [1.29, 1.82) is 0 Å². The summed E-state index contributed by atoms with van der Waals surface area (Å²) in [7, 11) is 0. The molecule has 1 rings (SSSR count). The summed E-state index contributed by atoms with van der Waals surface area (Å²) in [5.74, 6) is 3.05. The van der Waals surface area contributed by atoms with Crippen molar-refractivity contribution in [1.82, 2.24) is 0 Å². The molecule has 0 saturated heterocycles. The molecule has 0 aromatic heterocycles. The van der Waals surface area contributed by atoms with Crippen molar-refractivity contribution in [2.75, 3.05) is 0 Å². The topological polar surface area (TPSA) is 0 Å². The Labute approximate surface area is 77.7 Å². The van der Waals surface area contributed by atoms with Crippen molar-refractivity contribution in [2.45, 2.75) is 59.3 Å². The highest BCUT2D eigenvalue weighted by molar-refractivity contribution is 4.76. The third-order valence-electron chi connectivity index (χ3n) is 3.82. The fourth-order valence-corrected chi connectivity index (χ4v) is 3.01. The quantitative estimate of drug-likeness (QED) is 0.541. The van der Waals surface area contributed by atoms with Crippen LogP contribution >= 0.6 is 0 Å². The predicted octanol–water partition coefficient (Wildman–Crippen LogP) is 4.25. The smallest absolute Gasteiger partial charge is 0.0363 e. The van der Waals surface area contributed by atoms with Crippen LogP contribution in [-0.4, -0.2) is 0 Å². The summed E-state index contributed by atoms with van der Waals surface area (Å²) >= 11 is 0. The first kappa shape index (κ1) is 10.1. The highest BCUT2D eigenvalue weighted by atomic mass is 14.3. The Hall–Kier alpha value is 0. The highest BCUT2D eigenvalue weighted by Crippen LogP contribution is 2.36. The maximum atomic E-state index is 2.46. The summed E-state index contributed by atoms with van der Waals surface area (Å²) in [5.41, 5.74) is 0. The van der Waals surface area contributed by atoms with E-state index in [0.29, 0.717) is 0 Å². The molecule has 3 unspecified atom stereocenters. The van der Waals surface area contributed by atoms with Gasteiger partial charge in [0.2, 0.25) is 0 Å². The third kappa shape index (κ3) is 2.24. The van der Waals surface area contributed by atoms with Crippen molar-refractivity contribution < 1.29 is 0 Å². The van der Waals surface area contributed by atoms with Crippen molar-refractivity contribution in [3.05, 3.63) is 0 Å². The standard InChI is InChI=1S/C12H24/c1-4-11-9-7-6-8-10(3)12(11)5-2/h10-12H,4-9H2,1-3H3. The van der Waals surface area contributed by atoms with Gasteiger partial charge in [0.05, 0.1) is 0 Å². The molecule has 0 aromatic carbocycles. The van der Waals surface area contributed by atoms with Gasteiger partial charge in [-0.15, -0.1) is 0 Å². The van der Waals surface area contributed by atoms with Gasteiger partial charge in [-0.25, -0.2) is 0 Å². The molecule has 0 aliphatic heterocycles. The molecule has 0 radical (unpaired) electrons. The molecule has 0 N–H and O–H groups in total. The number of hydrogen-bond acceptors (Lipinski definition) is 0. The second-order valence-electron chi connectivity index (χ2n) is 4.50. The maximum Gasteiger partial charge on any atom is -0.0363 e. The normalized spacial score (nSPS) is 37.8. The molecule has 0 heteroatoms. The zero-order chi connectivity index (χ0) is 8.97. The molecule has 72 valence electrons. The molecule has 0 nitrogen and oxygen atoms in total. The van der Waals surface area contributed by atoms with Gasteiger partial charge in [-0.05, 0) is 17.8 Å². The van der Waals surface area contributed by atoms with E-state index in [0.717, 1.165) is 17.8 Å². The Bertz CT molecular complexity index is 117. The molecular formula is C12H24. The first-order chi connectivity index (χ1) is 5.79. The molecular weight excluding hydrogens is 144 g/mol. The van der Waals surface area contributed by atoms with Crippen molar-refractivity contribution in [2.24, 2.45) is 17.8 Å². The van der Waals surface area contributed by atoms with Crippen LogP contribution in [0.25, 0.3) is 0 Å². The zero-order valence-corrected chi connectivity index (χ0v) is 8.97. The zero-order valence-electron chi connectivity index (χ0n) is 8.97. The van der Waals surface area contributed by atoms with Gasteiger partial charge in [-0.1, -0.05) is 59.3 Å². The second kappa shape index (κ2) is 4.89. The first-order valence-corrected chi connectivity index (χ1v) is 5.79. The monoisotopic (exact) mass is 168 g/mol. The molecule has 0 spiro atoms. The summed E-state index contributed by atoms with van der Waals surface area (Å²) < 4.78 is 0. The minimum Gasteiger partial charge on any atom is -0.0651 e. The number of rotatable bonds is 2. The van der Waals surface area contributed by atoms with Crippen molar-refractivity contribution >= 4 is 0 Å². The minimum atomic E-state index is 0.988. The Morgan fingerprint density at radius 1 is 1.00 bits per heavy atom. The fraction of sp³-hybridized carbons (Fsp3) is 1.00. The van der Waals surface area contributed by atoms with E-state index in [9.17, 15) is 0 Å². The van der Waals surface area contributed by atoms with E-state index in [4.69, 9.17) is 0 Å². The summed E-state index contributed by atoms with van der Waals surface area (Å²) in [4.78, 5) is 0. The molecule has 0 aromatic rings. The lowest BCUT2D eigenvalue weighted by molar-refractivity contribution is 0.228. The number of hydrogen-bond donors (Lipinski definition) is 0. The van der Waals surface area contributed by atoms with Crippen LogP contribution in [0.4, 0.5) is 0 Å². The van der Waals surface area contributed by atoms with Crippen LogP contribution in [0.1, 0.15) is 59.3 Å². The van der Waals surface area contributed by atoms with Gasteiger partial charge in [0.1, 0.15) is 0 Å². The van der Waals surface area contributed by atoms with E-state index in [1.54, 1.807) is 0 Å². The van der Waals surface area contributed by atoms with E-state index < -0.39 is 0 Å². The molecule has 0 heterocycles. The van der Waals surface area contributed by atoms with Crippen LogP contribution in [0.15, 0.2) is 0 Å². The van der Waals surface area contributed by atoms with Gasteiger partial charge in [0.15, 0.2) is 0 Å². The van der Waals surface area contributed by atoms with E-state index in [1.807, 2.05) is 0 Å². The predicted molar refractivity (Wildman–Crippen MR) is 55.2 cm³/mol. The largest absolute Gasteiger partial charge is 0.0651 e. The Morgan fingerprint density at radius 3 is 2.25 bits per heavy atom. The Kier molecular flexibility index (Phi) is 4.11. The first-order valence-electron chi connectivity index (χ1n) is 5.79. The summed E-state index contributed by atoms with van der Waals surface area (Å²) in [5, 5.41) is 0. The van der Waals surface area contributed by atoms with Crippen molar-refractivity contribution in [3.8, 4) is 0 Å². The molecule has 0 amide bonds. The van der Waals surface area contributed by atoms with E-state index in [-0.39, 0.29) is 0 Å². The van der Waals surface area contributed by atoms with Gasteiger partial charge < -0.3 is 0 Å². The molecule has 3 atom stereocenters. The SMILES string of the molecule is CCC1CCCCC(C)C1CC. The van der Waals surface area contributed by atoms with Gasteiger partial charge in [0, 0.05) is 0 Å². The van der Waals surface area contributed by atoms with Gasteiger partial charge in [-0.2, -0.15) is 0 Å². The van der Waals surface area contributed by atoms with E-state index >= 15 is 0 Å². The Morgan fingerprint density at radius 2 is 1.67 bits per heavy atom. The van der Waals surface area contributed by atoms with E-state index in [1.165, 1.54) is 38.5 Å². The average Bonchev–Trinajstić information content (AvgIpc) is 2.26. The lowest BCUT2D eigenvalue weighted by atomic mass is 9.78. The Balaban J connectivity index is 2.56. The van der Waals surface area contributed by atoms with Crippen LogP contribution in [0.3, 0.4) is 0 Å². The molecule has 0 bridgehead atoms. The molecule has 1 aliphatic carbocycles.